The van der Waals surface area contributed by atoms with E-state index in [1.807, 2.05) is 6.26 Å². The maximum Gasteiger partial charge on any atom is 0.134 e. The van der Waals surface area contributed by atoms with E-state index < -0.39 is 0 Å². The van der Waals surface area contributed by atoms with E-state index in [9.17, 15) is 0 Å². The van der Waals surface area contributed by atoms with Gasteiger partial charge in [-0.15, -0.1) is 0 Å². The zero-order valence-electron chi connectivity index (χ0n) is 10.8. The summed E-state index contributed by atoms with van der Waals surface area (Å²) in [5.74, 6) is 0. The predicted octanol–water partition coefficient (Wildman–Crippen LogP) is 5.32. The Labute approximate surface area is 107 Å². The fraction of sp³-hybridized carbons (Fsp3) is 0.294. The third-order valence-electron chi connectivity index (χ3n) is 3.59. The van der Waals surface area contributed by atoms with E-state index in [1.165, 1.54) is 41.0 Å². The van der Waals surface area contributed by atoms with Gasteiger partial charge in [-0.2, -0.15) is 0 Å². The van der Waals surface area contributed by atoms with Crippen LogP contribution in [0.15, 0.2) is 47.1 Å². The average Bonchev–Trinajstić information content (AvgIpc) is 2.83. The van der Waals surface area contributed by atoms with Gasteiger partial charge < -0.3 is 4.42 Å². The van der Waals surface area contributed by atoms with E-state index in [4.69, 9.17) is 4.42 Å². The molecule has 0 spiro atoms. The van der Waals surface area contributed by atoms with Crippen LogP contribution < -0.4 is 0 Å². The van der Waals surface area contributed by atoms with Gasteiger partial charge in [0.15, 0.2) is 0 Å². The minimum absolute atomic E-state index is 1.01. The van der Waals surface area contributed by atoms with Gasteiger partial charge in [0.1, 0.15) is 5.58 Å². The van der Waals surface area contributed by atoms with E-state index in [0.29, 0.717) is 0 Å². The van der Waals surface area contributed by atoms with Crippen molar-refractivity contribution < 1.29 is 4.42 Å². The number of rotatable bonds is 4. The van der Waals surface area contributed by atoms with Crippen molar-refractivity contribution in [3.63, 3.8) is 0 Å². The minimum atomic E-state index is 1.01. The zero-order valence-corrected chi connectivity index (χ0v) is 10.8. The van der Waals surface area contributed by atoms with Crippen molar-refractivity contribution in [2.24, 2.45) is 0 Å². The summed E-state index contributed by atoms with van der Waals surface area (Å²) in [7, 11) is 0. The lowest BCUT2D eigenvalue weighted by Crippen LogP contribution is -1.84. The Morgan fingerprint density at radius 2 is 1.89 bits per heavy atom. The lowest BCUT2D eigenvalue weighted by atomic mass is 10.0. The van der Waals surface area contributed by atoms with Crippen LogP contribution in [0.4, 0.5) is 0 Å². The molecule has 0 aliphatic carbocycles. The van der Waals surface area contributed by atoms with Crippen LogP contribution in [0, 0.1) is 0 Å². The molecule has 1 nitrogen and oxygen atoms in total. The Morgan fingerprint density at radius 3 is 2.78 bits per heavy atom. The third-order valence-corrected chi connectivity index (χ3v) is 3.59. The highest BCUT2D eigenvalue weighted by Gasteiger charge is 2.08. The summed E-state index contributed by atoms with van der Waals surface area (Å²) in [5.41, 5.74) is 2.37. The number of hydrogen-bond acceptors (Lipinski definition) is 1. The summed E-state index contributed by atoms with van der Waals surface area (Å²) in [4.78, 5) is 0. The van der Waals surface area contributed by atoms with Gasteiger partial charge in [-0.05, 0) is 35.2 Å². The molecule has 0 N–H and O–H groups in total. The molecule has 18 heavy (non-hydrogen) atoms. The second-order valence-corrected chi connectivity index (χ2v) is 4.88. The van der Waals surface area contributed by atoms with Crippen LogP contribution in [0.1, 0.15) is 31.7 Å². The van der Waals surface area contributed by atoms with E-state index in [0.717, 1.165) is 12.0 Å². The molecule has 1 heterocycles. The van der Waals surface area contributed by atoms with Crippen molar-refractivity contribution in [1.29, 1.82) is 0 Å². The highest BCUT2D eigenvalue weighted by Crippen LogP contribution is 2.30. The van der Waals surface area contributed by atoms with Crippen LogP contribution in [0.3, 0.4) is 0 Å². The number of fused-ring (bicyclic) bond motifs is 3. The summed E-state index contributed by atoms with van der Waals surface area (Å²) in [6.07, 6.45) is 6.85. The molecule has 0 aliphatic rings. The lowest BCUT2D eigenvalue weighted by Gasteiger charge is -2.02. The lowest BCUT2D eigenvalue weighted by molar-refractivity contribution is 0.606. The molecule has 0 unspecified atom stereocenters. The van der Waals surface area contributed by atoms with Crippen LogP contribution >= 0.6 is 0 Å². The smallest absolute Gasteiger partial charge is 0.134 e. The van der Waals surface area contributed by atoms with Gasteiger partial charge in [0.25, 0.3) is 0 Å². The number of furan rings is 1. The molecule has 3 aromatic rings. The molecule has 0 saturated heterocycles. The van der Waals surface area contributed by atoms with E-state index >= 15 is 0 Å². The maximum atomic E-state index is 5.69. The molecule has 0 fully saturated rings. The monoisotopic (exact) mass is 238 g/mol. The van der Waals surface area contributed by atoms with Crippen LogP contribution in [0.5, 0.6) is 0 Å². The first-order valence-electron chi connectivity index (χ1n) is 6.78. The summed E-state index contributed by atoms with van der Waals surface area (Å²) in [6.45, 7) is 2.24. The fourth-order valence-electron chi connectivity index (χ4n) is 2.62. The molecule has 3 rings (SSSR count). The van der Waals surface area contributed by atoms with Gasteiger partial charge in [-0.25, -0.2) is 0 Å². The Balaban J connectivity index is 2.12. The number of hydrogen-bond donors (Lipinski definition) is 0. The summed E-state index contributed by atoms with van der Waals surface area (Å²) >= 11 is 0. The first-order valence-corrected chi connectivity index (χ1v) is 6.78. The maximum absolute atomic E-state index is 5.69. The minimum Gasteiger partial charge on any atom is -0.464 e. The summed E-state index contributed by atoms with van der Waals surface area (Å²) in [6, 6.07) is 12.8. The zero-order chi connectivity index (χ0) is 12.4. The van der Waals surface area contributed by atoms with Crippen molar-refractivity contribution in [3.8, 4) is 0 Å². The van der Waals surface area contributed by atoms with E-state index in [2.05, 4.69) is 43.3 Å². The quantitative estimate of drug-likeness (QED) is 0.561. The van der Waals surface area contributed by atoms with Crippen molar-refractivity contribution in [2.45, 2.75) is 32.6 Å². The highest BCUT2D eigenvalue weighted by molar-refractivity contribution is 6.07. The Morgan fingerprint density at radius 1 is 1.00 bits per heavy atom. The molecule has 0 bridgehead atoms. The fourth-order valence-corrected chi connectivity index (χ4v) is 2.62. The summed E-state index contributed by atoms with van der Waals surface area (Å²) < 4.78 is 5.69. The Bertz CT molecular complexity index is 663. The van der Waals surface area contributed by atoms with Gasteiger partial charge in [0.2, 0.25) is 0 Å². The van der Waals surface area contributed by atoms with Crippen LogP contribution in [0.2, 0.25) is 0 Å². The van der Waals surface area contributed by atoms with Gasteiger partial charge >= 0.3 is 0 Å². The molecule has 0 radical (unpaired) electrons. The molecule has 2 aromatic carbocycles. The normalized spacial score (nSPS) is 11.4. The van der Waals surface area contributed by atoms with E-state index in [-0.39, 0.29) is 0 Å². The first-order chi connectivity index (χ1) is 8.90. The Hall–Kier alpha value is -1.76. The van der Waals surface area contributed by atoms with Crippen molar-refractivity contribution in [1.82, 2.24) is 0 Å². The predicted molar refractivity (Wildman–Crippen MR) is 76.9 cm³/mol. The molecule has 1 heteroatoms. The van der Waals surface area contributed by atoms with Crippen molar-refractivity contribution in [2.75, 3.05) is 0 Å². The van der Waals surface area contributed by atoms with Crippen molar-refractivity contribution in [3.05, 3.63) is 48.2 Å². The molecule has 92 valence electrons. The van der Waals surface area contributed by atoms with Crippen LogP contribution in [-0.2, 0) is 6.42 Å². The number of benzene rings is 2. The SMILES string of the molecule is CCCCCc1coc2ccc3ccccc3c12. The van der Waals surface area contributed by atoms with Crippen molar-refractivity contribution >= 4 is 21.7 Å². The van der Waals surface area contributed by atoms with Gasteiger partial charge in [0, 0.05) is 5.39 Å². The van der Waals surface area contributed by atoms with Gasteiger partial charge in [0.05, 0.1) is 6.26 Å². The standard InChI is InChI=1S/C17H18O/c1-2-3-4-8-14-12-18-16-11-10-13-7-5-6-9-15(13)17(14)16/h5-7,9-12H,2-4,8H2,1H3. The summed E-state index contributed by atoms with van der Waals surface area (Å²) in [5, 5.41) is 3.92. The molecule has 0 aliphatic heterocycles. The molecule has 0 amide bonds. The number of unbranched alkanes of at least 4 members (excludes halogenated alkanes) is 2. The van der Waals surface area contributed by atoms with Gasteiger partial charge in [-0.3, -0.25) is 0 Å². The molecular weight excluding hydrogens is 220 g/mol. The highest BCUT2D eigenvalue weighted by atomic mass is 16.3. The van der Waals surface area contributed by atoms with Crippen LogP contribution in [0.25, 0.3) is 21.7 Å². The largest absolute Gasteiger partial charge is 0.464 e. The van der Waals surface area contributed by atoms with Gasteiger partial charge in [-0.1, -0.05) is 50.1 Å². The van der Waals surface area contributed by atoms with E-state index in [1.54, 1.807) is 0 Å². The molecule has 0 saturated carbocycles. The molecular formula is C17H18O. The number of aryl methyl sites for hydroxylation is 1. The second kappa shape index (κ2) is 4.85. The first kappa shape index (κ1) is 11.3. The van der Waals surface area contributed by atoms with Crippen LogP contribution in [-0.4, -0.2) is 0 Å². The molecule has 1 aromatic heterocycles. The Kier molecular flexibility index (Phi) is 3.06. The topological polar surface area (TPSA) is 13.1 Å². The third kappa shape index (κ3) is 1.90. The second-order valence-electron chi connectivity index (χ2n) is 4.88. The molecule has 0 atom stereocenters. The average molecular weight is 238 g/mol.